The largest absolute Gasteiger partial charge is 0.394 e. The number of hydrogen-bond acceptors (Lipinski definition) is 13. The van der Waals surface area contributed by atoms with E-state index in [-0.39, 0.29) is 12.5 Å². The molecule has 0 aromatic carbocycles. The highest BCUT2D eigenvalue weighted by molar-refractivity contribution is 5.76. The maximum Gasteiger partial charge on any atom is 0.220 e. The molecule has 12 unspecified atom stereocenters. The number of ether oxygens (including phenoxy) is 4. The lowest BCUT2D eigenvalue weighted by Crippen LogP contribution is -2.65. The molecule has 390 valence electrons. The Hall–Kier alpha value is -1.27. The number of nitrogens with one attached hydrogen (secondary N) is 1. The molecular formula is C52H99NO13. The van der Waals surface area contributed by atoms with Gasteiger partial charge in [-0.3, -0.25) is 4.79 Å². The quantitative estimate of drug-likeness (QED) is 0.0213. The van der Waals surface area contributed by atoms with Gasteiger partial charge in [0.25, 0.3) is 0 Å². The molecule has 0 bridgehead atoms. The van der Waals surface area contributed by atoms with Gasteiger partial charge in [-0.05, 0) is 38.5 Å². The van der Waals surface area contributed by atoms with Gasteiger partial charge in [-0.15, -0.1) is 0 Å². The van der Waals surface area contributed by atoms with Crippen LogP contribution in [0.25, 0.3) is 0 Å². The monoisotopic (exact) mass is 946 g/mol. The Balaban J connectivity index is 1.79. The van der Waals surface area contributed by atoms with Crippen molar-refractivity contribution >= 4 is 5.91 Å². The fraction of sp³-hybridized carbons (Fsp3) is 0.942. The minimum atomic E-state index is -1.78. The third kappa shape index (κ3) is 26.1. The van der Waals surface area contributed by atoms with E-state index in [4.69, 9.17) is 18.9 Å². The van der Waals surface area contributed by atoms with Crippen molar-refractivity contribution in [2.24, 2.45) is 0 Å². The van der Waals surface area contributed by atoms with Crippen molar-refractivity contribution < 1.29 is 64.6 Å². The molecule has 0 aromatic rings. The average molecular weight is 946 g/mol. The van der Waals surface area contributed by atoms with E-state index < -0.39 is 86.8 Å². The summed E-state index contributed by atoms with van der Waals surface area (Å²) < 4.78 is 22.8. The summed E-state index contributed by atoms with van der Waals surface area (Å²) in [7, 11) is 0. The Morgan fingerprint density at radius 1 is 0.530 bits per heavy atom. The van der Waals surface area contributed by atoms with Gasteiger partial charge in [-0.2, -0.15) is 0 Å². The van der Waals surface area contributed by atoms with Crippen LogP contribution in [0.1, 0.15) is 219 Å². The second kappa shape index (κ2) is 39.5. The molecular weight excluding hydrogens is 847 g/mol. The Morgan fingerprint density at radius 2 is 0.955 bits per heavy atom. The number of hydrogen-bond donors (Lipinski definition) is 9. The van der Waals surface area contributed by atoms with Gasteiger partial charge in [0.05, 0.1) is 32.0 Å². The predicted molar refractivity (Wildman–Crippen MR) is 259 cm³/mol. The van der Waals surface area contributed by atoms with Gasteiger partial charge in [-0.1, -0.05) is 187 Å². The maximum absolute atomic E-state index is 13.2. The summed E-state index contributed by atoms with van der Waals surface area (Å²) in [6.45, 7) is 2.83. The molecule has 2 aliphatic heterocycles. The van der Waals surface area contributed by atoms with Crippen LogP contribution < -0.4 is 5.32 Å². The highest BCUT2D eigenvalue weighted by atomic mass is 16.7. The first-order valence-corrected chi connectivity index (χ1v) is 26.9. The van der Waals surface area contributed by atoms with Crippen molar-refractivity contribution in [2.45, 2.75) is 293 Å². The lowest BCUT2D eigenvalue weighted by molar-refractivity contribution is -0.359. The van der Waals surface area contributed by atoms with Gasteiger partial charge in [-0.25, -0.2) is 0 Å². The summed E-state index contributed by atoms with van der Waals surface area (Å²) in [5, 5.41) is 86.9. The molecule has 2 fully saturated rings. The molecule has 2 rings (SSSR count). The normalized spacial score (nSPS) is 26.8. The number of allylic oxidation sites excluding steroid dienone is 2. The van der Waals surface area contributed by atoms with E-state index in [1.165, 1.54) is 122 Å². The topological polar surface area (TPSA) is 228 Å². The molecule has 14 heteroatoms. The Labute approximate surface area is 399 Å². The minimum Gasteiger partial charge on any atom is -0.394 e. The summed E-state index contributed by atoms with van der Waals surface area (Å²) in [6.07, 6.45) is 25.0. The average Bonchev–Trinajstić information content (AvgIpc) is 3.31. The van der Waals surface area contributed by atoms with E-state index in [1.54, 1.807) is 0 Å². The van der Waals surface area contributed by atoms with Crippen molar-refractivity contribution in [3.8, 4) is 0 Å². The Kier molecular flexibility index (Phi) is 36.4. The highest BCUT2D eigenvalue weighted by Crippen LogP contribution is 2.30. The lowest BCUT2D eigenvalue weighted by Gasteiger charge is -2.46. The van der Waals surface area contributed by atoms with Crippen LogP contribution in [0.5, 0.6) is 0 Å². The molecule has 0 saturated carbocycles. The summed E-state index contributed by atoms with van der Waals surface area (Å²) in [6, 6.07) is -0.828. The van der Waals surface area contributed by atoms with Crippen molar-refractivity contribution in [2.75, 3.05) is 19.8 Å². The molecule has 2 saturated heterocycles. The first kappa shape index (κ1) is 60.9. The molecule has 0 radical (unpaired) electrons. The third-order valence-electron chi connectivity index (χ3n) is 13.5. The van der Waals surface area contributed by atoms with Crippen LogP contribution >= 0.6 is 0 Å². The van der Waals surface area contributed by atoms with Crippen molar-refractivity contribution in [1.82, 2.24) is 5.32 Å². The molecule has 0 aliphatic carbocycles. The van der Waals surface area contributed by atoms with Crippen LogP contribution in [0.3, 0.4) is 0 Å². The van der Waals surface area contributed by atoms with Gasteiger partial charge in [0.15, 0.2) is 12.6 Å². The standard InChI is InChI=1S/C52H99NO13/c1-3-5-7-9-11-13-15-17-18-19-20-21-22-23-24-25-27-29-31-33-35-41(56)40(53-44(57)36-34-32-30-28-26-16-14-12-10-8-6-4-2)39-63-51-49(62)47(60)50(43(38-55)65-51)66-52-48(61)46(59)45(58)42(37-54)64-52/h12,14,40-43,45-52,54-56,58-62H,3-11,13,15-39H2,1-2H3,(H,53,57)/b14-12-. The van der Waals surface area contributed by atoms with Crippen LogP contribution in [-0.4, -0.2) is 140 Å². The first-order chi connectivity index (χ1) is 32.1. The molecule has 12 atom stereocenters. The van der Waals surface area contributed by atoms with Gasteiger partial charge in [0.2, 0.25) is 5.91 Å². The van der Waals surface area contributed by atoms with Crippen LogP contribution in [0.2, 0.25) is 0 Å². The Morgan fingerprint density at radius 3 is 1.47 bits per heavy atom. The maximum atomic E-state index is 13.2. The van der Waals surface area contributed by atoms with Gasteiger partial charge < -0.3 is 65.1 Å². The summed E-state index contributed by atoms with van der Waals surface area (Å²) in [5.41, 5.74) is 0. The first-order valence-electron chi connectivity index (χ1n) is 26.9. The van der Waals surface area contributed by atoms with Gasteiger partial charge in [0.1, 0.15) is 48.8 Å². The zero-order valence-corrected chi connectivity index (χ0v) is 41.5. The fourth-order valence-corrected chi connectivity index (χ4v) is 9.06. The number of carbonyl (C=O) groups is 1. The number of aliphatic hydroxyl groups excluding tert-OH is 8. The Bertz CT molecular complexity index is 1160. The fourth-order valence-electron chi connectivity index (χ4n) is 9.06. The van der Waals surface area contributed by atoms with Crippen LogP contribution in [0, 0.1) is 0 Å². The molecule has 1 amide bonds. The number of carbonyl (C=O) groups excluding carboxylic acids is 1. The number of aliphatic hydroxyl groups is 8. The highest BCUT2D eigenvalue weighted by Gasteiger charge is 2.51. The van der Waals surface area contributed by atoms with E-state index >= 15 is 0 Å². The SMILES string of the molecule is CCCCC/C=C\CCCCCCCC(=O)NC(COC1OC(CO)C(OC2OC(CO)C(O)C(O)C2O)C(O)C1O)C(O)CCCCCCCCCCCCCCCCCCCCCC. The van der Waals surface area contributed by atoms with E-state index in [2.05, 4.69) is 31.3 Å². The zero-order chi connectivity index (χ0) is 48.2. The second-order valence-corrected chi connectivity index (χ2v) is 19.4. The number of rotatable bonds is 42. The van der Waals surface area contributed by atoms with Gasteiger partial charge >= 0.3 is 0 Å². The number of amides is 1. The van der Waals surface area contributed by atoms with Crippen LogP contribution in [-0.2, 0) is 23.7 Å². The van der Waals surface area contributed by atoms with Crippen molar-refractivity contribution in [3.63, 3.8) is 0 Å². The van der Waals surface area contributed by atoms with Crippen molar-refractivity contribution in [1.29, 1.82) is 0 Å². The second-order valence-electron chi connectivity index (χ2n) is 19.4. The summed E-state index contributed by atoms with van der Waals surface area (Å²) in [4.78, 5) is 13.2. The van der Waals surface area contributed by atoms with Crippen LogP contribution in [0.4, 0.5) is 0 Å². The molecule has 9 N–H and O–H groups in total. The summed E-state index contributed by atoms with van der Waals surface area (Å²) in [5.74, 6) is -0.215. The molecule has 14 nitrogen and oxygen atoms in total. The number of unbranched alkanes of at least 4 members (excludes halogenated alkanes) is 27. The van der Waals surface area contributed by atoms with E-state index in [1.807, 2.05) is 0 Å². The van der Waals surface area contributed by atoms with Crippen molar-refractivity contribution in [3.05, 3.63) is 12.2 Å². The molecule has 2 heterocycles. The molecule has 66 heavy (non-hydrogen) atoms. The minimum absolute atomic E-state index is 0.215. The third-order valence-corrected chi connectivity index (χ3v) is 13.5. The predicted octanol–water partition coefficient (Wildman–Crippen LogP) is 7.55. The summed E-state index contributed by atoms with van der Waals surface area (Å²) >= 11 is 0. The van der Waals surface area contributed by atoms with E-state index in [0.717, 1.165) is 64.2 Å². The molecule has 0 spiro atoms. The molecule has 2 aliphatic rings. The van der Waals surface area contributed by atoms with E-state index in [0.29, 0.717) is 19.3 Å². The zero-order valence-electron chi connectivity index (χ0n) is 41.5. The van der Waals surface area contributed by atoms with Crippen LogP contribution in [0.15, 0.2) is 12.2 Å². The van der Waals surface area contributed by atoms with E-state index in [9.17, 15) is 45.6 Å². The smallest absolute Gasteiger partial charge is 0.220 e. The lowest BCUT2D eigenvalue weighted by atomic mass is 9.97. The molecule has 0 aromatic heterocycles. The van der Waals surface area contributed by atoms with Gasteiger partial charge in [0, 0.05) is 6.42 Å².